The number of hydrogen-bond donors (Lipinski definition) is 1. The van der Waals surface area contributed by atoms with E-state index in [1.165, 1.54) is 0 Å². The topological polar surface area (TPSA) is 24.5 Å². The summed E-state index contributed by atoms with van der Waals surface area (Å²) in [7, 11) is 0. The quantitative estimate of drug-likeness (QED) is 0.836. The molecule has 6 heteroatoms. The summed E-state index contributed by atoms with van der Waals surface area (Å²) >= 11 is 0. The highest BCUT2D eigenvalue weighted by atomic mass is 19.4. The van der Waals surface area contributed by atoms with Crippen LogP contribution in [0.4, 0.5) is 13.2 Å². The smallest absolute Gasteiger partial charge is 0.381 e. The van der Waals surface area contributed by atoms with Crippen molar-refractivity contribution < 1.29 is 17.9 Å². The van der Waals surface area contributed by atoms with Crippen molar-refractivity contribution in [1.82, 2.24) is 10.2 Å². The van der Waals surface area contributed by atoms with E-state index in [4.69, 9.17) is 4.74 Å². The molecule has 0 bridgehead atoms. The van der Waals surface area contributed by atoms with E-state index in [-0.39, 0.29) is 18.5 Å². The molecule has 19 heavy (non-hydrogen) atoms. The molecule has 2 heterocycles. The second-order valence-electron chi connectivity index (χ2n) is 6.10. The van der Waals surface area contributed by atoms with Gasteiger partial charge in [-0.15, -0.1) is 0 Å². The second-order valence-corrected chi connectivity index (χ2v) is 6.10. The van der Waals surface area contributed by atoms with Crippen LogP contribution < -0.4 is 5.32 Å². The minimum absolute atomic E-state index is 0.0415. The second kappa shape index (κ2) is 5.97. The van der Waals surface area contributed by atoms with E-state index in [2.05, 4.69) is 12.2 Å². The van der Waals surface area contributed by atoms with Crippen molar-refractivity contribution in [3.63, 3.8) is 0 Å². The van der Waals surface area contributed by atoms with E-state index >= 15 is 0 Å². The molecule has 1 unspecified atom stereocenters. The van der Waals surface area contributed by atoms with Crippen molar-refractivity contribution in [2.75, 3.05) is 45.9 Å². The minimum atomic E-state index is -4.10. The molecule has 112 valence electrons. The molecule has 3 nitrogen and oxygen atoms in total. The van der Waals surface area contributed by atoms with Gasteiger partial charge in [0.25, 0.3) is 0 Å². The molecule has 0 aromatic heterocycles. The van der Waals surface area contributed by atoms with Crippen LogP contribution in [0.3, 0.4) is 0 Å². The van der Waals surface area contributed by atoms with E-state index in [0.717, 1.165) is 32.6 Å². The Hall–Kier alpha value is -0.330. The van der Waals surface area contributed by atoms with Crippen LogP contribution in [-0.2, 0) is 4.74 Å². The summed E-state index contributed by atoms with van der Waals surface area (Å²) in [6.07, 6.45) is -2.23. The zero-order valence-corrected chi connectivity index (χ0v) is 11.4. The molecule has 2 rings (SSSR count). The fourth-order valence-electron chi connectivity index (χ4n) is 2.91. The van der Waals surface area contributed by atoms with Gasteiger partial charge in [0.05, 0.1) is 5.92 Å². The van der Waals surface area contributed by atoms with Crippen LogP contribution in [0.2, 0.25) is 0 Å². The van der Waals surface area contributed by atoms with Gasteiger partial charge in [-0.3, -0.25) is 0 Å². The van der Waals surface area contributed by atoms with Crippen molar-refractivity contribution in [1.29, 1.82) is 0 Å². The van der Waals surface area contributed by atoms with Crippen molar-refractivity contribution in [3.05, 3.63) is 0 Å². The van der Waals surface area contributed by atoms with Gasteiger partial charge in [-0.1, -0.05) is 6.92 Å². The standard InChI is InChI=1S/C13H23F3N2O/c1-12(2-6-19-7-3-12)10-18-5-4-17-8-11(9-18)13(14,15)16/h11,17H,2-10H2,1H3. The van der Waals surface area contributed by atoms with Crippen molar-refractivity contribution in [2.45, 2.75) is 25.9 Å². The Balaban J connectivity index is 1.94. The molecule has 0 spiro atoms. The third-order valence-corrected chi connectivity index (χ3v) is 4.24. The Bertz CT molecular complexity index is 290. The molecule has 2 aliphatic heterocycles. The highest BCUT2D eigenvalue weighted by Gasteiger charge is 2.42. The molecule has 0 radical (unpaired) electrons. The van der Waals surface area contributed by atoms with E-state index in [9.17, 15) is 13.2 Å². The predicted octanol–water partition coefficient (Wildman–Crippen LogP) is 1.89. The monoisotopic (exact) mass is 280 g/mol. The van der Waals surface area contributed by atoms with Gasteiger partial charge in [0.1, 0.15) is 0 Å². The van der Waals surface area contributed by atoms with Gasteiger partial charge >= 0.3 is 6.18 Å². The maximum Gasteiger partial charge on any atom is 0.394 e. The number of ether oxygens (including phenoxy) is 1. The van der Waals surface area contributed by atoms with E-state index in [0.29, 0.717) is 13.1 Å². The molecule has 0 aromatic rings. The Morgan fingerprint density at radius 2 is 2.00 bits per heavy atom. The lowest BCUT2D eigenvalue weighted by molar-refractivity contribution is -0.176. The zero-order chi connectivity index (χ0) is 13.9. The lowest BCUT2D eigenvalue weighted by Gasteiger charge is -2.38. The molecule has 2 aliphatic rings. The molecule has 0 saturated carbocycles. The fraction of sp³-hybridized carbons (Fsp3) is 1.00. The largest absolute Gasteiger partial charge is 0.394 e. The lowest BCUT2D eigenvalue weighted by Crippen LogP contribution is -2.44. The summed E-state index contributed by atoms with van der Waals surface area (Å²) in [6.45, 7) is 5.85. The summed E-state index contributed by atoms with van der Waals surface area (Å²) in [5.74, 6) is -1.25. The van der Waals surface area contributed by atoms with Crippen LogP contribution in [0.25, 0.3) is 0 Å². The SMILES string of the molecule is CC1(CN2CCNCC(C(F)(F)F)C2)CCOCC1. The Kier molecular flexibility index (Phi) is 4.74. The zero-order valence-electron chi connectivity index (χ0n) is 11.4. The number of rotatable bonds is 2. The van der Waals surface area contributed by atoms with Crippen LogP contribution in [0.15, 0.2) is 0 Å². The molecule has 2 saturated heterocycles. The van der Waals surface area contributed by atoms with Gasteiger partial charge < -0.3 is 15.0 Å². The van der Waals surface area contributed by atoms with Crippen LogP contribution in [-0.4, -0.2) is 57.0 Å². The maximum atomic E-state index is 12.9. The summed E-state index contributed by atoms with van der Waals surface area (Å²) in [4.78, 5) is 1.98. The van der Waals surface area contributed by atoms with Gasteiger partial charge in [-0.05, 0) is 18.3 Å². The third-order valence-electron chi connectivity index (χ3n) is 4.24. The van der Waals surface area contributed by atoms with Gasteiger partial charge in [0, 0.05) is 45.9 Å². The highest BCUT2D eigenvalue weighted by molar-refractivity contribution is 4.85. The Morgan fingerprint density at radius 1 is 1.32 bits per heavy atom. The van der Waals surface area contributed by atoms with Crippen LogP contribution >= 0.6 is 0 Å². The molecule has 0 aromatic carbocycles. The fourth-order valence-corrected chi connectivity index (χ4v) is 2.91. The first-order chi connectivity index (χ1) is 8.89. The van der Waals surface area contributed by atoms with Crippen molar-refractivity contribution in [3.8, 4) is 0 Å². The molecule has 0 amide bonds. The number of hydrogen-bond acceptors (Lipinski definition) is 3. The van der Waals surface area contributed by atoms with Gasteiger partial charge in [0.15, 0.2) is 0 Å². The molecule has 1 N–H and O–H groups in total. The van der Waals surface area contributed by atoms with E-state index in [1.54, 1.807) is 0 Å². The lowest BCUT2D eigenvalue weighted by atomic mass is 9.82. The van der Waals surface area contributed by atoms with Gasteiger partial charge in [-0.25, -0.2) is 0 Å². The Labute approximate surface area is 112 Å². The number of nitrogens with one attached hydrogen (secondary N) is 1. The first-order valence-electron chi connectivity index (χ1n) is 6.97. The highest BCUT2D eigenvalue weighted by Crippen LogP contribution is 2.33. The molecular weight excluding hydrogens is 257 g/mol. The van der Waals surface area contributed by atoms with Crippen molar-refractivity contribution in [2.24, 2.45) is 11.3 Å². The van der Waals surface area contributed by atoms with Crippen molar-refractivity contribution >= 4 is 0 Å². The first-order valence-corrected chi connectivity index (χ1v) is 6.97. The van der Waals surface area contributed by atoms with E-state index in [1.807, 2.05) is 4.90 Å². The summed E-state index contributed by atoms with van der Waals surface area (Å²) in [5, 5.41) is 2.90. The first kappa shape index (κ1) is 15.1. The number of nitrogens with zero attached hydrogens (tertiary/aromatic N) is 1. The number of alkyl halides is 3. The average Bonchev–Trinajstić information content (AvgIpc) is 2.54. The summed E-state index contributed by atoms with van der Waals surface area (Å²) in [6, 6.07) is 0. The van der Waals surface area contributed by atoms with Gasteiger partial charge in [0.2, 0.25) is 0 Å². The van der Waals surface area contributed by atoms with Gasteiger partial charge in [-0.2, -0.15) is 13.2 Å². The summed E-state index contributed by atoms with van der Waals surface area (Å²) in [5.41, 5.74) is 0.0960. The normalized spacial score (nSPS) is 30.0. The third kappa shape index (κ3) is 4.33. The molecule has 2 fully saturated rings. The maximum absolute atomic E-state index is 12.9. The minimum Gasteiger partial charge on any atom is -0.381 e. The van der Waals surface area contributed by atoms with Crippen LogP contribution in [0.1, 0.15) is 19.8 Å². The predicted molar refractivity (Wildman–Crippen MR) is 67.0 cm³/mol. The average molecular weight is 280 g/mol. The molecule has 1 atom stereocenters. The Morgan fingerprint density at radius 3 is 2.63 bits per heavy atom. The van der Waals surface area contributed by atoms with E-state index < -0.39 is 12.1 Å². The number of halogens is 3. The van der Waals surface area contributed by atoms with Crippen LogP contribution in [0.5, 0.6) is 0 Å². The summed E-state index contributed by atoms with van der Waals surface area (Å²) < 4.78 is 44.0. The molecule has 0 aliphatic carbocycles. The van der Waals surface area contributed by atoms with Crippen LogP contribution in [0, 0.1) is 11.3 Å². The molecular formula is C13H23F3N2O.